The Bertz CT molecular complexity index is 1470. The predicted molar refractivity (Wildman–Crippen MR) is 166 cm³/mol. The number of hydrogen-bond donors (Lipinski definition) is 6. The summed E-state index contributed by atoms with van der Waals surface area (Å²) < 4.78 is 5.95. The van der Waals surface area contributed by atoms with Crippen LogP contribution in [0.5, 0.6) is 11.5 Å². The summed E-state index contributed by atoms with van der Waals surface area (Å²) in [5.74, 6) is 0.729. The van der Waals surface area contributed by atoms with Crippen LogP contribution in [0.15, 0.2) is 70.8 Å². The summed E-state index contributed by atoms with van der Waals surface area (Å²) in [6.07, 6.45) is 5.86. The molecule has 0 aliphatic carbocycles. The molecule has 0 radical (unpaired) electrons. The zero-order valence-corrected chi connectivity index (χ0v) is 24.4. The second-order valence-electron chi connectivity index (χ2n) is 10.3. The summed E-state index contributed by atoms with van der Waals surface area (Å²) in [4.78, 5) is 26.4. The van der Waals surface area contributed by atoms with Gasteiger partial charge < -0.3 is 35.7 Å². The number of thiophene rings is 1. The van der Waals surface area contributed by atoms with Crippen LogP contribution in [0.1, 0.15) is 73.1 Å². The number of aromatic amines is 1. The van der Waals surface area contributed by atoms with Crippen LogP contribution < -0.4 is 20.9 Å². The average Bonchev–Trinajstić information content (AvgIpc) is 3.52. The predicted octanol–water partition coefficient (Wildman–Crippen LogP) is 6.08. The normalized spacial score (nSPS) is 12.7. The van der Waals surface area contributed by atoms with E-state index < -0.39 is 18.2 Å². The number of benzene rings is 2. The van der Waals surface area contributed by atoms with Crippen LogP contribution in [-0.4, -0.2) is 46.1 Å². The number of aliphatic hydroxyl groups excluding tert-OH is 1. The zero-order chi connectivity index (χ0) is 29.7. The molecule has 2 aromatic carbocycles. The molecule has 224 valence electrons. The second kappa shape index (κ2) is 16.0. The third-order valence-electron chi connectivity index (χ3n) is 7.16. The monoisotopic (exact) mass is 593 g/mol. The Hall–Kier alpha value is -3.86. The molecule has 2 atom stereocenters. The van der Waals surface area contributed by atoms with Gasteiger partial charge in [0.2, 0.25) is 5.56 Å². The Balaban J connectivity index is 1.06. The summed E-state index contributed by atoms with van der Waals surface area (Å²) in [6, 6.07) is 17.2. The Morgan fingerprint density at radius 1 is 0.952 bits per heavy atom. The molecule has 42 heavy (non-hydrogen) atoms. The fraction of sp³-hybridized carbons (Fsp3) is 0.375. The van der Waals surface area contributed by atoms with Gasteiger partial charge in [0.15, 0.2) is 0 Å². The van der Waals surface area contributed by atoms with Gasteiger partial charge in [-0.05, 0) is 66.2 Å². The summed E-state index contributed by atoms with van der Waals surface area (Å²) in [7, 11) is 0. The van der Waals surface area contributed by atoms with E-state index in [0.717, 1.165) is 61.3 Å². The number of pyridine rings is 1. The standard InChI is InChI=1S/C32H39N3O6S/c36-26-15-13-24(25-14-16-29(38)34-31(25)26)27(37)21-33-17-6-4-2-1-3-5-7-18-41-23-11-8-10-22(20-23)30(35-32(39)40)28-12-9-19-42-28/h8-16,19-20,27,30,33,35-37H,1-7,17-18,21H2,(H,34,38)(H,39,40)/t27-,30?/m1/s1. The smallest absolute Gasteiger partial charge is 0.405 e. The van der Waals surface area contributed by atoms with Crippen molar-refractivity contribution in [2.24, 2.45) is 0 Å². The van der Waals surface area contributed by atoms with E-state index in [1.165, 1.54) is 29.9 Å². The molecule has 2 heterocycles. The van der Waals surface area contributed by atoms with Crippen molar-refractivity contribution < 1.29 is 24.9 Å². The lowest BCUT2D eigenvalue weighted by atomic mass is 10.0. The van der Waals surface area contributed by atoms with Crippen LogP contribution >= 0.6 is 11.3 Å². The van der Waals surface area contributed by atoms with Gasteiger partial charge in [-0.1, -0.05) is 56.4 Å². The maximum absolute atomic E-state index is 11.6. The number of fused-ring (bicyclic) bond motifs is 1. The van der Waals surface area contributed by atoms with Crippen molar-refractivity contribution in [3.05, 3.63) is 92.4 Å². The number of rotatable bonds is 17. The molecule has 0 aliphatic heterocycles. The molecule has 0 fully saturated rings. The minimum atomic E-state index is -1.06. The van der Waals surface area contributed by atoms with Gasteiger partial charge in [-0.15, -0.1) is 11.3 Å². The van der Waals surface area contributed by atoms with E-state index in [-0.39, 0.29) is 11.3 Å². The number of carbonyl (C=O) groups is 1. The van der Waals surface area contributed by atoms with Crippen LogP contribution in [0.4, 0.5) is 4.79 Å². The number of carboxylic acid groups (broad SMARTS) is 1. The first-order valence-electron chi connectivity index (χ1n) is 14.4. The molecular formula is C32H39N3O6S. The molecule has 4 aromatic rings. The number of amides is 1. The minimum Gasteiger partial charge on any atom is -0.506 e. The fourth-order valence-corrected chi connectivity index (χ4v) is 5.81. The van der Waals surface area contributed by atoms with Gasteiger partial charge in [0, 0.05) is 22.9 Å². The topological polar surface area (TPSA) is 144 Å². The fourth-order valence-electron chi connectivity index (χ4n) is 5.01. The number of nitrogens with one attached hydrogen (secondary N) is 3. The molecule has 4 rings (SSSR count). The first-order valence-corrected chi connectivity index (χ1v) is 15.3. The minimum absolute atomic E-state index is 0.0141. The van der Waals surface area contributed by atoms with Crippen molar-refractivity contribution in [1.29, 1.82) is 0 Å². The van der Waals surface area contributed by atoms with E-state index in [9.17, 15) is 24.9 Å². The Kier molecular flexibility index (Phi) is 11.8. The number of aromatic hydroxyl groups is 1. The highest BCUT2D eigenvalue weighted by molar-refractivity contribution is 7.10. The van der Waals surface area contributed by atoms with Crippen molar-refractivity contribution in [3.8, 4) is 11.5 Å². The Morgan fingerprint density at radius 3 is 2.50 bits per heavy atom. The average molecular weight is 594 g/mol. The lowest BCUT2D eigenvalue weighted by Crippen LogP contribution is -2.26. The van der Waals surface area contributed by atoms with E-state index in [2.05, 4.69) is 15.6 Å². The van der Waals surface area contributed by atoms with Crippen molar-refractivity contribution >= 4 is 28.3 Å². The zero-order valence-electron chi connectivity index (χ0n) is 23.6. The number of phenols is 1. The maximum Gasteiger partial charge on any atom is 0.405 e. The highest BCUT2D eigenvalue weighted by Gasteiger charge is 2.18. The molecule has 0 saturated carbocycles. The highest BCUT2D eigenvalue weighted by Crippen LogP contribution is 2.29. The Labute approximate surface area is 249 Å². The molecule has 2 aromatic heterocycles. The van der Waals surface area contributed by atoms with Gasteiger partial charge >= 0.3 is 6.09 Å². The van der Waals surface area contributed by atoms with Gasteiger partial charge in [0.25, 0.3) is 0 Å². The molecule has 10 heteroatoms. The van der Waals surface area contributed by atoms with Gasteiger partial charge in [-0.25, -0.2) is 4.79 Å². The molecule has 0 spiro atoms. The quantitative estimate of drug-likeness (QED) is 0.0814. The van der Waals surface area contributed by atoms with E-state index in [4.69, 9.17) is 4.74 Å². The van der Waals surface area contributed by atoms with Crippen LogP contribution in [-0.2, 0) is 0 Å². The van der Waals surface area contributed by atoms with Gasteiger partial charge in [0.1, 0.15) is 11.5 Å². The number of aliphatic hydroxyl groups is 1. The molecule has 6 N–H and O–H groups in total. The van der Waals surface area contributed by atoms with E-state index in [1.54, 1.807) is 12.1 Å². The highest BCUT2D eigenvalue weighted by atomic mass is 32.1. The Morgan fingerprint density at radius 2 is 1.74 bits per heavy atom. The number of unbranched alkanes of at least 4 members (excludes halogenated alkanes) is 6. The molecule has 1 amide bonds. The maximum atomic E-state index is 11.6. The van der Waals surface area contributed by atoms with Crippen LogP contribution in [0.2, 0.25) is 0 Å². The third kappa shape index (κ3) is 9.07. The summed E-state index contributed by atoms with van der Waals surface area (Å²) in [5, 5.41) is 38.4. The molecule has 1 unspecified atom stereocenters. The van der Waals surface area contributed by atoms with Gasteiger partial charge in [-0.3, -0.25) is 4.79 Å². The number of hydrogen-bond acceptors (Lipinski definition) is 7. The summed E-state index contributed by atoms with van der Waals surface area (Å²) in [5.41, 5.74) is 1.57. The first kappa shape index (κ1) is 31.1. The van der Waals surface area contributed by atoms with Crippen molar-refractivity contribution in [1.82, 2.24) is 15.6 Å². The molecule has 9 nitrogen and oxygen atoms in total. The first-order chi connectivity index (χ1) is 20.4. The summed E-state index contributed by atoms with van der Waals surface area (Å²) in [6.45, 7) is 1.83. The van der Waals surface area contributed by atoms with E-state index >= 15 is 0 Å². The number of aromatic nitrogens is 1. The number of ether oxygens (including phenoxy) is 1. The molecule has 0 saturated heterocycles. The van der Waals surface area contributed by atoms with Crippen LogP contribution in [0.25, 0.3) is 10.9 Å². The largest absolute Gasteiger partial charge is 0.506 e. The second-order valence-corrected chi connectivity index (χ2v) is 11.3. The number of phenolic OH excluding ortho intramolecular Hbond substituents is 1. The van der Waals surface area contributed by atoms with Crippen molar-refractivity contribution in [3.63, 3.8) is 0 Å². The van der Waals surface area contributed by atoms with Crippen LogP contribution in [0.3, 0.4) is 0 Å². The van der Waals surface area contributed by atoms with Crippen molar-refractivity contribution in [2.45, 2.75) is 57.1 Å². The molecule has 0 aliphatic rings. The van der Waals surface area contributed by atoms with Gasteiger partial charge in [0.05, 0.1) is 24.3 Å². The third-order valence-corrected chi connectivity index (χ3v) is 8.09. The molecule has 0 bridgehead atoms. The lowest BCUT2D eigenvalue weighted by Gasteiger charge is -2.17. The SMILES string of the molecule is O=C(O)NC(c1cccc(OCCCCCCCCCNC[C@@H](O)c2ccc(O)c3[nH]c(=O)ccc23)c1)c1cccs1. The van der Waals surface area contributed by atoms with E-state index in [0.29, 0.717) is 29.6 Å². The molecular weight excluding hydrogens is 554 g/mol. The van der Waals surface area contributed by atoms with Crippen molar-refractivity contribution in [2.75, 3.05) is 19.7 Å². The van der Waals surface area contributed by atoms with Crippen LogP contribution in [0, 0.1) is 0 Å². The summed E-state index contributed by atoms with van der Waals surface area (Å²) >= 11 is 1.51. The number of H-pyrrole nitrogens is 1. The lowest BCUT2D eigenvalue weighted by molar-refractivity contribution is 0.176. The van der Waals surface area contributed by atoms with E-state index in [1.807, 2.05) is 41.8 Å². The van der Waals surface area contributed by atoms with Gasteiger partial charge in [-0.2, -0.15) is 0 Å².